The Morgan fingerprint density at radius 2 is 2.18 bits per heavy atom. The van der Waals surface area contributed by atoms with Crippen LogP contribution in [0, 0.1) is 0 Å². The fraction of sp³-hybridized carbons (Fsp3) is 0.538. The lowest BCUT2D eigenvalue weighted by atomic mass is 9.92. The van der Waals surface area contributed by atoms with Crippen molar-refractivity contribution in [3.8, 4) is 0 Å². The van der Waals surface area contributed by atoms with E-state index < -0.39 is 0 Å². The molecule has 17 heavy (non-hydrogen) atoms. The average molecular weight is 256 g/mol. The summed E-state index contributed by atoms with van der Waals surface area (Å²) in [5, 5.41) is 0. The lowest BCUT2D eigenvalue weighted by molar-refractivity contribution is 0.0579. The van der Waals surface area contributed by atoms with Crippen molar-refractivity contribution >= 4 is 12.9 Å². The summed E-state index contributed by atoms with van der Waals surface area (Å²) in [7, 11) is 3.35. The largest absolute Gasteiger partial charge is 0.380 e. The van der Waals surface area contributed by atoms with Crippen molar-refractivity contribution in [3.63, 3.8) is 0 Å². The van der Waals surface area contributed by atoms with Gasteiger partial charge in [0.25, 0.3) is 0 Å². The molecule has 0 N–H and O–H groups in total. The third-order valence-electron chi connectivity index (χ3n) is 2.70. The molecule has 1 aliphatic rings. The van der Waals surface area contributed by atoms with Crippen LogP contribution >= 0.6 is 12.9 Å². The van der Waals surface area contributed by atoms with Crippen LogP contribution < -0.4 is 0 Å². The Morgan fingerprint density at radius 1 is 1.41 bits per heavy atom. The van der Waals surface area contributed by atoms with Gasteiger partial charge in [0.15, 0.2) is 0 Å². The Hall–Kier alpha value is -0.550. The fourth-order valence-electron chi connectivity index (χ4n) is 1.88. The molecule has 2 atom stereocenters. The van der Waals surface area contributed by atoms with Gasteiger partial charge in [0.2, 0.25) is 0 Å². The van der Waals surface area contributed by atoms with Crippen LogP contribution in [0.5, 0.6) is 0 Å². The zero-order valence-electron chi connectivity index (χ0n) is 10.6. The van der Waals surface area contributed by atoms with Crippen molar-refractivity contribution in [1.82, 2.24) is 0 Å². The van der Waals surface area contributed by atoms with Gasteiger partial charge in [-0.2, -0.15) is 0 Å². The molecule has 0 spiro atoms. The first kappa shape index (κ1) is 14.5. The molecule has 1 rings (SSSR count). The second kappa shape index (κ2) is 7.71. The Balaban J connectivity index is 2.89. The van der Waals surface area contributed by atoms with Gasteiger partial charge in [-0.1, -0.05) is 18.2 Å². The van der Waals surface area contributed by atoms with E-state index in [0.29, 0.717) is 6.61 Å². The van der Waals surface area contributed by atoms with Gasteiger partial charge in [-0.05, 0) is 43.5 Å². The molecule has 0 amide bonds. The summed E-state index contributed by atoms with van der Waals surface area (Å²) < 4.78 is 15.8. The predicted octanol–water partition coefficient (Wildman–Crippen LogP) is 2.71. The Bertz CT molecular complexity index is 321. The van der Waals surface area contributed by atoms with Crippen molar-refractivity contribution in [3.05, 3.63) is 35.5 Å². The highest BCUT2D eigenvalue weighted by molar-refractivity contribution is 7.75. The Labute approximate surface area is 109 Å². The standard InChI is InChI=1S/C13H20O3S/c1-4-5-6-11-7-10(9-14-2)8-12(15-3)13(11)16-17/h4-5,7-8,12-13,17H,6,9H2,1-3H3/b5-4+/t12-,13?/m0/s1. The van der Waals surface area contributed by atoms with Crippen LogP contribution in [-0.2, 0) is 13.7 Å². The Morgan fingerprint density at radius 3 is 2.71 bits per heavy atom. The number of hydrogen-bond acceptors (Lipinski definition) is 4. The van der Waals surface area contributed by atoms with E-state index in [1.807, 2.05) is 19.1 Å². The first-order valence-electron chi connectivity index (χ1n) is 5.61. The smallest absolute Gasteiger partial charge is 0.123 e. The van der Waals surface area contributed by atoms with E-state index in [2.05, 4.69) is 25.1 Å². The molecule has 0 radical (unpaired) electrons. The van der Waals surface area contributed by atoms with Crippen molar-refractivity contribution < 1.29 is 13.7 Å². The molecule has 0 bridgehead atoms. The predicted molar refractivity (Wildman–Crippen MR) is 72.1 cm³/mol. The molecule has 1 unspecified atom stereocenters. The highest BCUT2D eigenvalue weighted by Gasteiger charge is 2.27. The summed E-state index contributed by atoms with van der Waals surface area (Å²) in [4.78, 5) is 0. The average Bonchev–Trinajstić information content (AvgIpc) is 2.35. The molecule has 0 aliphatic heterocycles. The zero-order chi connectivity index (χ0) is 12.7. The topological polar surface area (TPSA) is 27.7 Å². The third-order valence-corrected chi connectivity index (χ3v) is 2.93. The first-order valence-corrected chi connectivity index (χ1v) is 5.97. The number of rotatable bonds is 6. The van der Waals surface area contributed by atoms with Gasteiger partial charge in [0, 0.05) is 14.2 Å². The normalized spacial score (nSPS) is 24.9. The number of methoxy groups -OCH3 is 2. The molecule has 3 nitrogen and oxygen atoms in total. The maximum Gasteiger partial charge on any atom is 0.123 e. The lowest BCUT2D eigenvalue weighted by Crippen LogP contribution is -2.32. The van der Waals surface area contributed by atoms with E-state index in [1.54, 1.807) is 14.2 Å². The van der Waals surface area contributed by atoms with Gasteiger partial charge in [-0.3, -0.25) is 0 Å². The minimum Gasteiger partial charge on any atom is -0.380 e. The van der Waals surface area contributed by atoms with Crippen LogP contribution in [0.2, 0.25) is 0 Å². The molecule has 1 aliphatic carbocycles. The van der Waals surface area contributed by atoms with E-state index in [1.165, 1.54) is 0 Å². The number of hydrogen-bond donors (Lipinski definition) is 1. The number of thiol groups is 1. The first-order chi connectivity index (χ1) is 8.26. The van der Waals surface area contributed by atoms with Gasteiger partial charge < -0.3 is 13.7 Å². The van der Waals surface area contributed by atoms with Gasteiger partial charge in [-0.15, -0.1) is 0 Å². The minimum absolute atomic E-state index is 0.108. The highest BCUT2D eigenvalue weighted by Crippen LogP contribution is 2.26. The number of ether oxygens (including phenoxy) is 2. The van der Waals surface area contributed by atoms with E-state index in [9.17, 15) is 0 Å². The summed E-state index contributed by atoms with van der Waals surface area (Å²) in [6, 6.07) is 0. The molecule has 0 aromatic heterocycles. The summed E-state index contributed by atoms with van der Waals surface area (Å²) in [5.74, 6) is 0. The maximum absolute atomic E-state index is 5.41. The molecule has 96 valence electrons. The molecule has 0 fully saturated rings. The number of allylic oxidation sites excluding steroid dienone is 2. The van der Waals surface area contributed by atoms with Crippen molar-refractivity contribution in [2.24, 2.45) is 0 Å². The van der Waals surface area contributed by atoms with E-state index >= 15 is 0 Å². The summed E-state index contributed by atoms with van der Waals surface area (Å²) >= 11 is 3.93. The molecule has 0 aromatic carbocycles. The van der Waals surface area contributed by atoms with Crippen LogP contribution in [0.4, 0.5) is 0 Å². The molecule has 0 saturated heterocycles. The van der Waals surface area contributed by atoms with E-state index in [4.69, 9.17) is 13.7 Å². The van der Waals surface area contributed by atoms with E-state index in [-0.39, 0.29) is 12.2 Å². The van der Waals surface area contributed by atoms with Gasteiger partial charge >= 0.3 is 0 Å². The van der Waals surface area contributed by atoms with E-state index in [0.717, 1.165) is 17.6 Å². The highest BCUT2D eigenvalue weighted by atomic mass is 32.1. The van der Waals surface area contributed by atoms with Crippen LogP contribution in [-0.4, -0.2) is 33.0 Å². The lowest BCUT2D eigenvalue weighted by Gasteiger charge is -2.28. The summed E-state index contributed by atoms with van der Waals surface area (Å²) in [5.41, 5.74) is 2.26. The summed E-state index contributed by atoms with van der Waals surface area (Å²) in [6.45, 7) is 2.58. The molecule has 4 heteroatoms. The zero-order valence-corrected chi connectivity index (χ0v) is 11.4. The molecular weight excluding hydrogens is 236 g/mol. The van der Waals surface area contributed by atoms with Gasteiger partial charge in [0.05, 0.1) is 6.61 Å². The second-order valence-corrected chi connectivity index (χ2v) is 4.10. The fourth-order valence-corrected chi connectivity index (χ4v) is 2.14. The second-order valence-electron chi connectivity index (χ2n) is 3.89. The maximum atomic E-state index is 5.41. The minimum atomic E-state index is -0.139. The van der Waals surface area contributed by atoms with Gasteiger partial charge in [-0.25, -0.2) is 0 Å². The third kappa shape index (κ3) is 4.00. The summed E-state index contributed by atoms with van der Waals surface area (Å²) in [6.07, 6.45) is 8.82. The van der Waals surface area contributed by atoms with Crippen LogP contribution in [0.1, 0.15) is 13.3 Å². The molecule has 0 saturated carbocycles. The SMILES string of the molecule is C/C=C/CC1=CC(COC)=C[C@H](OC)C1OS. The molecule has 0 heterocycles. The van der Waals surface area contributed by atoms with Crippen LogP contribution in [0.3, 0.4) is 0 Å². The molecular formula is C13H20O3S. The Kier molecular flexibility index (Phi) is 6.58. The van der Waals surface area contributed by atoms with Crippen molar-refractivity contribution in [2.75, 3.05) is 20.8 Å². The monoisotopic (exact) mass is 256 g/mol. The van der Waals surface area contributed by atoms with Crippen molar-refractivity contribution in [1.29, 1.82) is 0 Å². The van der Waals surface area contributed by atoms with Crippen molar-refractivity contribution in [2.45, 2.75) is 25.6 Å². The quantitative estimate of drug-likeness (QED) is 0.450. The van der Waals surface area contributed by atoms with Gasteiger partial charge in [0.1, 0.15) is 12.2 Å². The molecule has 0 aromatic rings. The van der Waals surface area contributed by atoms with Crippen LogP contribution in [0.15, 0.2) is 35.5 Å². The van der Waals surface area contributed by atoms with Crippen LogP contribution in [0.25, 0.3) is 0 Å².